The predicted molar refractivity (Wildman–Crippen MR) is 113 cm³/mol. The van der Waals surface area contributed by atoms with Gasteiger partial charge in [0, 0.05) is 48.5 Å². The highest BCUT2D eigenvalue weighted by Crippen LogP contribution is 2.31. The zero-order valence-corrected chi connectivity index (χ0v) is 16.2. The molecule has 6 rings (SSSR count). The third kappa shape index (κ3) is 3.02. The van der Waals surface area contributed by atoms with Crippen LogP contribution in [0.4, 0.5) is 17.2 Å². The number of hydrogen-bond donors (Lipinski definition) is 2. The maximum atomic E-state index is 5.58. The summed E-state index contributed by atoms with van der Waals surface area (Å²) in [5, 5.41) is 6.75. The minimum Gasteiger partial charge on any atom is -0.474 e. The van der Waals surface area contributed by atoms with Gasteiger partial charge in [-0.15, -0.1) is 0 Å². The second-order valence-electron chi connectivity index (χ2n) is 7.47. The van der Waals surface area contributed by atoms with E-state index in [1.165, 1.54) is 5.56 Å². The zero-order valence-electron chi connectivity index (χ0n) is 16.2. The Hall–Kier alpha value is -3.65. The quantitative estimate of drug-likeness (QED) is 0.543. The smallest absolute Gasteiger partial charge is 0.237 e. The summed E-state index contributed by atoms with van der Waals surface area (Å²) in [5.74, 6) is 1.83. The normalized spacial score (nSPS) is 15.7. The average molecular weight is 400 g/mol. The van der Waals surface area contributed by atoms with Crippen molar-refractivity contribution in [3.63, 3.8) is 0 Å². The molecule has 30 heavy (non-hydrogen) atoms. The van der Waals surface area contributed by atoms with Crippen LogP contribution in [0.5, 0.6) is 5.88 Å². The molecule has 8 heteroatoms. The molecular formula is C22H20N6O2. The van der Waals surface area contributed by atoms with Crippen molar-refractivity contribution in [3.8, 4) is 17.1 Å². The molecule has 1 fully saturated rings. The van der Waals surface area contributed by atoms with Crippen molar-refractivity contribution in [2.24, 2.45) is 0 Å². The summed E-state index contributed by atoms with van der Waals surface area (Å²) in [6, 6.07) is 10.4. The largest absolute Gasteiger partial charge is 0.474 e. The lowest BCUT2D eigenvalue weighted by atomic mass is 9.97. The van der Waals surface area contributed by atoms with E-state index in [9.17, 15) is 0 Å². The molecule has 0 spiro atoms. The van der Waals surface area contributed by atoms with Gasteiger partial charge in [-0.3, -0.25) is 0 Å². The SMILES string of the molecule is c1cn2cc(-c3cnc4c(c3)NCCO4)nc(Nc3ccc(C4COC4)cc3)c2n1. The lowest BCUT2D eigenvalue weighted by molar-refractivity contribution is 0.00843. The summed E-state index contributed by atoms with van der Waals surface area (Å²) in [4.78, 5) is 13.7. The predicted octanol–water partition coefficient (Wildman–Crippen LogP) is 3.45. The molecule has 150 valence electrons. The second kappa shape index (κ2) is 7.00. The van der Waals surface area contributed by atoms with E-state index in [0.29, 0.717) is 24.2 Å². The van der Waals surface area contributed by atoms with Crippen LogP contribution in [0.2, 0.25) is 0 Å². The number of benzene rings is 1. The molecular weight excluding hydrogens is 380 g/mol. The highest BCUT2D eigenvalue weighted by molar-refractivity contribution is 5.75. The first-order valence-electron chi connectivity index (χ1n) is 9.99. The lowest BCUT2D eigenvalue weighted by Crippen LogP contribution is -2.24. The Bertz CT molecular complexity index is 1220. The molecule has 8 nitrogen and oxygen atoms in total. The first kappa shape index (κ1) is 17.2. The Kier molecular flexibility index (Phi) is 4.02. The van der Waals surface area contributed by atoms with E-state index in [-0.39, 0.29) is 0 Å². The number of nitrogens with zero attached hydrogens (tertiary/aromatic N) is 4. The summed E-state index contributed by atoms with van der Waals surface area (Å²) in [7, 11) is 0. The minimum atomic E-state index is 0.508. The molecule has 5 heterocycles. The summed E-state index contributed by atoms with van der Waals surface area (Å²) in [6.45, 7) is 3.00. The van der Waals surface area contributed by atoms with Crippen LogP contribution in [0.15, 0.2) is 55.1 Å². The molecule has 0 radical (unpaired) electrons. The van der Waals surface area contributed by atoms with Crippen LogP contribution in [0, 0.1) is 0 Å². The fourth-order valence-electron chi connectivity index (χ4n) is 3.73. The van der Waals surface area contributed by atoms with Crippen LogP contribution in [-0.4, -0.2) is 45.7 Å². The fourth-order valence-corrected chi connectivity index (χ4v) is 3.73. The van der Waals surface area contributed by atoms with Crippen molar-refractivity contribution in [2.75, 3.05) is 37.0 Å². The first-order valence-corrected chi connectivity index (χ1v) is 9.99. The molecule has 0 unspecified atom stereocenters. The van der Waals surface area contributed by atoms with E-state index < -0.39 is 0 Å². The summed E-state index contributed by atoms with van der Waals surface area (Å²) >= 11 is 0. The van der Waals surface area contributed by atoms with Gasteiger partial charge in [0.15, 0.2) is 11.5 Å². The number of imidazole rings is 1. The van der Waals surface area contributed by atoms with Gasteiger partial charge in [-0.2, -0.15) is 0 Å². The number of aromatic nitrogens is 4. The lowest BCUT2D eigenvalue weighted by Gasteiger charge is -2.26. The van der Waals surface area contributed by atoms with Crippen molar-refractivity contribution in [1.82, 2.24) is 19.4 Å². The molecule has 0 aliphatic carbocycles. The van der Waals surface area contributed by atoms with Crippen molar-refractivity contribution in [1.29, 1.82) is 0 Å². The van der Waals surface area contributed by atoms with Gasteiger partial charge in [0.25, 0.3) is 0 Å². The van der Waals surface area contributed by atoms with Gasteiger partial charge in [-0.1, -0.05) is 12.1 Å². The topological polar surface area (TPSA) is 85.6 Å². The highest BCUT2D eigenvalue weighted by atomic mass is 16.5. The molecule has 2 aliphatic heterocycles. The van der Waals surface area contributed by atoms with E-state index in [0.717, 1.165) is 48.0 Å². The van der Waals surface area contributed by atoms with E-state index in [4.69, 9.17) is 14.5 Å². The van der Waals surface area contributed by atoms with Crippen molar-refractivity contribution >= 4 is 22.8 Å². The van der Waals surface area contributed by atoms with Gasteiger partial charge in [0.05, 0.1) is 24.6 Å². The van der Waals surface area contributed by atoms with Crippen molar-refractivity contribution < 1.29 is 9.47 Å². The monoisotopic (exact) mass is 400 g/mol. The van der Waals surface area contributed by atoms with Gasteiger partial charge in [0.2, 0.25) is 5.88 Å². The van der Waals surface area contributed by atoms with Gasteiger partial charge >= 0.3 is 0 Å². The molecule has 2 aliphatic rings. The maximum Gasteiger partial charge on any atom is 0.237 e. The van der Waals surface area contributed by atoms with Gasteiger partial charge in [0.1, 0.15) is 6.61 Å². The van der Waals surface area contributed by atoms with Crippen LogP contribution < -0.4 is 15.4 Å². The van der Waals surface area contributed by atoms with E-state index >= 15 is 0 Å². The first-order chi connectivity index (χ1) is 14.8. The molecule has 0 amide bonds. The number of rotatable bonds is 4. The van der Waals surface area contributed by atoms with Gasteiger partial charge in [-0.05, 0) is 23.8 Å². The third-order valence-electron chi connectivity index (χ3n) is 5.46. The average Bonchev–Trinajstić information content (AvgIpc) is 3.22. The molecule has 1 aromatic carbocycles. The Morgan fingerprint density at radius 1 is 1.13 bits per heavy atom. The standard InChI is InChI=1S/C22H20N6O2/c1-3-17(4-2-14(1)16-12-29-13-16)26-20-21-24-5-7-28(21)11-19(27-20)15-9-18-22(25-10-15)30-8-6-23-18/h1-5,7,9-11,16,23H,6,8,12-13H2,(H,26,27). The Morgan fingerprint density at radius 3 is 2.87 bits per heavy atom. The second-order valence-corrected chi connectivity index (χ2v) is 7.47. The fraction of sp³-hybridized carbons (Fsp3) is 0.227. The van der Waals surface area contributed by atoms with E-state index in [2.05, 4.69) is 44.9 Å². The molecule has 4 aromatic rings. The summed E-state index contributed by atoms with van der Waals surface area (Å²) < 4.78 is 12.8. The Labute approximate surface area is 172 Å². The molecule has 0 bridgehead atoms. The third-order valence-corrected chi connectivity index (χ3v) is 5.46. The van der Waals surface area contributed by atoms with Crippen molar-refractivity contribution in [2.45, 2.75) is 5.92 Å². The number of ether oxygens (including phenoxy) is 2. The van der Waals surface area contributed by atoms with Crippen LogP contribution in [-0.2, 0) is 4.74 Å². The molecule has 1 saturated heterocycles. The van der Waals surface area contributed by atoms with Crippen molar-refractivity contribution in [3.05, 3.63) is 60.7 Å². The minimum absolute atomic E-state index is 0.508. The summed E-state index contributed by atoms with van der Waals surface area (Å²) in [6.07, 6.45) is 7.43. The Balaban J connectivity index is 1.35. The van der Waals surface area contributed by atoms with Crippen LogP contribution >= 0.6 is 0 Å². The number of pyridine rings is 1. The Morgan fingerprint density at radius 2 is 2.03 bits per heavy atom. The van der Waals surface area contributed by atoms with Crippen LogP contribution in [0.25, 0.3) is 16.9 Å². The molecule has 2 N–H and O–H groups in total. The van der Waals surface area contributed by atoms with Gasteiger partial charge < -0.3 is 24.5 Å². The number of anilines is 3. The highest BCUT2D eigenvalue weighted by Gasteiger charge is 2.20. The zero-order chi connectivity index (χ0) is 19.9. The van der Waals surface area contributed by atoms with E-state index in [1.54, 1.807) is 12.4 Å². The van der Waals surface area contributed by atoms with Gasteiger partial charge in [-0.25, -0.2) is 15.0 Å². The van der Waals surface area contributed by atoms with E-state index in [1.807, 2.05) is 22.9 Å². The number of fused-ring (bicyclic) bond motifs is 2. The molecule has 3 aromatic heterocycles. The van der Waals surface area contributed by atoms with Crippen LogP contribution in [0.1, 0.15) is 11.5 Å². The number of hydrogen-bond acceptors (Lipinski definition) is 7. The number of nitrogens with one attached hydrogen (secondary N) is 2. The summed E-state index contributed by atoms with van der Waals surface area (Å²) in [5.41, 5.74) is 5.63. The molecule has 0 atom stereocenters. The van der Waals surface area contributed by atoms with Crippen LogP contribution in [0.3, 0.4) is 0 Å². The molecule has 0 saturated carbocycles. The maximum absolute atomic E-state index is 5.58.